The van der Waals surface area contributed by atoms with Crippen molar-refractivity contribution in [2.24, 2.45) is 0 Å². The molecule has 1 aliphatic rings. The lowest BCUT2D eigenvalue weighted by Crippen LogP contribution is -2.25. The maximum Gasteiger partial charge on any atom is 0.161 e. The normalized spacial score (nSPS) is 14.7. The van der Waals surface area contributed by atoms with Gasteiger partial charge in [-0.2, -0.15) is 0 Å². The number of benzene rings is 1. The Bertz CT molecular complexity index is 426. The van der Waals surface area contributed by atoms with Crippen LogP contribution < -0.4 is 9.47 Å². The molecule has 0 aromatic heterocycles. The third kappa shape index (κ3) is 1.62. The van der Waals surface area contributed by atoms with Gasteiger partial charge in [-0.1, -0.05) is 6.58 Å². The molecule has 16 heavy (non-hydrogen) atoms. The van der Waals surface area contributed by atoms with Gasteiger partial charge in [-0.15, -0.1) is 0 Å². The molecule has 0 saturated carbocycles. The summed E-state index contributed by atoms with van der Waals surface area (Å²) in [5, 5.41) is 0. The summed E-state index contributed by atoms with van der Waals surface area (Å²) in [7, 11) is 5.37. The van der Waals surface area contributed by atoms with Crippen LogP contribution >= 0.6 is 0 Å². The summed E-state index contributed by atoms with van der Waals surface area (Å²) in [4.78, 5) is 2.16. The molecule has 1 heterocycles. The SMILES string of the molecule is C=C1c2cc(OC)c(OC)cc2CCN1C. The van der Waals surface area contributed by atoms with Gasteiger partial charge in [-0.25, -0.2) is 0 Å². The molecule has 0 spiro atoms. The number of hydrogen-bond donors (Lipinski definition) is 0. The van der Waals surface area contributed by atoms with Crippen LogP contribution in [-0.2, 0) is 6.42 Å². The van der Waals surface area contributed by atoms with E-state index in [1.165, 1.54) is 5.56 Å². The van der Waals surface area contributed by atoms with E-state index in [0.717, 1.165) is 35.7 Å². The van der Waals surface area contributed by atoms with Crippen LogP contribution in [-0.4, -0.2) is 32.7 Å². The molecule has 0 atom stereocenters. The maximum absolute atomic E-state index is 5.30. The molecule has 3 nitrogen and oxygen atoms in total. The van der Waals surface area contributed by atoms with E-state index in [1.807, 2.05) is 12.1 Å². The van der Waals surface area contributed by atoms with Gasteiger partial charge in [0.2, 0.25) is 0 Å². The zero-order valence-electron chi connectivity index (χ0n) is 10.0. The number of rotatable bonds is 2. The first-order chi connectivity index (χ1) is 7.67. The fourth-order valence-corrected chi connectivity index (χ4v) is 2.03. The molecule has 0 unspecified atom stereocenters. The van der Waals surface area contributed by atoms with Crippen molar-refractivity contribution < 1.29 is 9.47 Å². The maximum atomic E-state index is 5.30. The summed E-state index contributed by atoms with van der Waals surface area (Å²) >= 11 is 0. The van der Waals surface area contributed by atoms with Crippen molar-refractivity contribution >= 4 is 5.70 Å². The second-order valence-electron chi connectivity index (χ2n) is 3.98. The van der Waals surface area contributed by atoms with E-state index >= 15 is 0 Å². The van der Waals surface area contributed by atoms with E-state index in [1.54, 1.807) is 14.2 Å². The molecular formula is C13H17NO2. The van der Waals surface area contributed by atoms with Crippen molar-refractivity contribution in [1.82, 2.24) is 4.90 Å². The van der Waals surface area contributed by atoms with Crippen LogP contribution in [0.3, 0.4) is 0 Å². The molecule has 0 aliphatic carbocycles. The first kappa shape index (κ1) is 10.9. The molecule has 0 radical (unpaired) electrons. The predicted octanol–water partition coefficient (Wildman–Crippen LogP) is 2.16. The second kappa shape index (κ2) is 4.08. The standard InChI is InChI=1S/C13H17NO2/c1-9-11-8-13(16-4)12(15-3)7-10(11)5-6-14(9)2/h7-8H,1,5-6H2,2-4H3. The smallest absolute Gasteiger partial charge is 0.161 e. The Morgan fingerprint density at radius 1 is 1.19 bits per heavy atom. The molecule has 0 amide bonds. The number of fused-ring (bicyclic) bond motifs is 1. The Morgan fingerprint density at radius 2 is 1.81 bits per heavy atom. The number of hydrogen-bond acceptors (Lipinski definition) is 3. The van der Waals surface area contributed by atoms with Crippen LogP contribution in [0.25, 0.3) is 5.70 Å². The highest BCUT2D eigenvalue weighted by atomic mass is 16.5. The summed E-state index contributed by atoms with van der Waals surface area (Å²) in [5.74, 6) is 1.55. The Labute approximate surface area is 96.3 Å². The average Bonchev–Trinajstić information content (AvgIpc) is 2.32. The van der Waals surface area contributed by atoms with E-state index in [-0.39, 0.29) is 0 Å². The van der Waals surface area contributed by atoms with Crippen LogP contribution in [0.15, 0.2) is 18.7 Å². The van der Waals surface area contributed by atoms with E-state index in [0.29, 0.717) is 0 Å². The molecule has 86 valence electrons. The van der Waals surface area contributed by atoms with Gasteiger partial charge in [-0.3, -0.25) is 0 Å². The molecule has 2 rings (SSSR count). The molecule has 1 aromatic carbocycles. The molecule has 0 bridgehead atoms. The van der Waals surface area contributed by atoms with E-state index < -0.39 is 0 Å². The third-order valence-electron chi connectivity index (χ3n) is 3.10. The van der Waals surface area contributed by atoms with Gasteiger partial charge in [0.15, 0.2) is 11.5 Å². The van der Waals surface area contributed by atoms with Crippen LogP contribution in [0, 0.1) is 0 Å². The van der Waals surface area contributed by atoms with Crippen molar-refractivity contribution in [2.45, 2.75) is 6.42 Å². The van der Waals surface area contributed by atoms with E-state index in [2.05, 4.69) is 18.5 Å². The summed E-state index contributed by atoms with van der Waals surface area (Å²) in [5.41, 5.74) is 3.48. The first-order valence-corrected chi connectivity index (χ1v) is 5.32. The zero-order chi connectivity index (χ0) is 11.7. The van der Waals surface area contributed by atoms with Crippen LogP contribution in [0.4, 0.5) is 0 Å². The van der Waals surface area contributed by atoms with Crippen LogP contribution in [0.1, 0.15) is 11.1 Å². The lowest BCUT2D eigenvalue weighted by molar-refractivity contribution is 0.353. The van der Waals surface area contributed by atoms with Gasteiger partial charge >= 0.3 is 0 Å². The third-order valence-corrected chi connectivity index (χ3v) is 3.10. The minimum atomic E-state index is 0.762. The van der Waals surface area contributed by atoms with Gasteiger partial charge in [0.05, 0.1) is 14.2 Å². The number of ether oxygens (including phenoxy) is 2. The lowest BCUT2D eigenvalue weighted by Gasteiger charge is -2.29. The highest BCUT2D eigenvalue weighted by Crippen LogP contribution is 2.36. The van der Waals surface area contributed by atoms with Crippen LogP contribution in [0.5, 0.6) is 11.5 Å². The Hall–Kier alpha value is -1.64. The summed E-state index contributed by atoms with van der Waals surface area (Å²) in [6, 6.07) is 4.05. The predicted molar refractivity (Wildman–Crippen MR) is 64.9 cm³/mol. The minimum absolute atomic E-state index is 0.762. The Morgan fingerprint density at radius 3 is 2.44 bits per heavy atom. The van der Waals surface area contributed by atoms with Crippen molar-refractivity contribution in [1.29, 1.82) is 0 Å². The first-order valence-electron chi connectivity index (χ1n) is 5.32. The van der Waals surface area contributed by atoms with E-state index in [4.69, 9.17) is 9.47 Å². The van der Waals surface area contributed by atoms with Crippen molar-refractivity contribution in [3.63, 3.8) is 0 Å². The minimum Gasteiger partial charge on any atom is -0.493 e. The molecular weight excluding hydrogens is 202 g/mol. The fourth-order valence-electron chi connectivity index (χ4n) is 2.03. The van der Waals surface area contributed by atoms with Gasteiger partial charge in [0, 0.05) is 24.9 Å². The Balaban J connectivity index is 2.52. The monoisotopic (exact) mass is 219 g/mol. The quantitative estimate of drug-likeness (QED) is 0.761. The highest BCUT2D eigenvalue weighted by molar-refractivity contribution is 5.70. The lowest BCUT2D eigenvalue weighted by atomic mass is 9.97. The van der Waals surface area contributed by atoms with Gasteiger partial charge in [0.1, 0.15) is 0 Å². The molecule has 0 N–H and O–H groups in total. The zero-order valence-corrected chi connectivity index (χ0v) is 10.0. The van der Waals surface area contributed by atoms with Crippen molar-refractivity contribution in [3.8, 4) is 11.5 Å². The largest absolute Gasteiger partial charge is 0.493 e. The van der Waals surface area contributed by atoms with Crippen LogP contribution in [0.2, 0.25) is 0 Å². The molecule has 3 heteroatoms. The number of methoxy groups -OCH3 is 2. The molecule has 0 fully saturated rings. The summed E-state index contributed by atoms with van der Waals surface area (Å²) < 4.78 is 10.6. The van der Waals surface area contributed by atoms with Crippen molar-refractivity contribution in [3.05, 3.63) is 29.8 Å². The molecule has 1 aromatic rings. The number of likely N-dealkylation sites (N-methyl/N-ethyl adjacent to an activating group) is 1. The highest BCUT2D eigenvalue weighted by Gasteiger charge is 2.19. The van der Waals surface area contributed by atoms with Gasteiger partial charge in [-0.05, 0) is 24.1 Å². The van der Waals surface area contributed by atoms with Gasteiger partial charge in [0.25, 0.3) is 0 Å². The Kier molecular flexibility index (Phi) is 2.77. The topological polar surface area (TPSA) is 21.7 Å². The summed E-state index contributed by atoms with van der Waals surface area (Å²) in [6.45, 7) is 5.10. The number of nitrogens with zero attached hydrogens (tertiary/aromatic N) is 1. The summed E-state index contributed by atoms with van der Waals surface area (Å²) in [6.07, 6.45) is 1.02. The van der Waals surface area contributed by atoms with Gasteiger partial charge < -0.3 is 14.4 Å². The van der Waals surface area contributed by atoms with Crippen molar-refractivity contribution in [2.75, 3.05) is 27.8 Å². The van der Waals surface area contributed by atoms with E-state index in [9.17, 15) is 0 Å². The molecule has 1 aliphatic heterocycles. The molecule has 0 saturated heterocycles. The second-order valence-corrected chi connectivity index (χ2v) is 3.98. The average molecular weight is 219 g/mol. The fraction of sp³-hybridized carbons (Fsp3) is 0.385.